The summed E-state index contributed by atoms with van der Waals surface area (Å²) in [6, 6.07) is 6.46. The van der Waals surface area contributed by atoms with Crippen LogP contribution in [0.25, 0.3) is 10.1 Å². The van der Waals surface area contributed by atoms with Crippen LogP contribution in [0.2, 0.25) is 0 Å². The van der Waals surface area contributed by atoms with E-state index in [1.54, 1.807) is 31.4 Å². The van der Waals surface area contributed by atoms with Gasteiger partial charge in [-0.25, -0.2) is 0 Å². The van der Waals surface area contributed by atoms with Gasteiger partial charge in [0.1, 0.15) is 6.17 Å². The molecule has 0 aliphatic carbocycles. The fourth-order valence-electron chi connectivity index (χ4n) is 3.93. The van der Waals surface area contributed by atoms with Gasteiger partial charge in [0.25, 0.3) is 0 Å². The summed E-state index contributed by atoms with van der Waals surface area (Å²) in [6.45, 7) is 3.96. The van der Waals surface area contributed by atoms with Gasteiger partial charge in [0.15, 0.2) is 6.10 Å². The van der Waals surface area contributed by atoms with Crippen LogP contribution < -0.4 is 11.1 Å². The molecule has 2 heterocycles. The molecule has 0 bridgehead atoms. The Morgan fingerprint density at radius 2 is 2.00 bits per heavy atom. The van der Waals surface area contributed by atoms with Crippen molar-refractivity contribution in [3.05, 3.63) is 35.2 Å². The molecular weight excluding hydrogens is 443 g/mol. The predicted octanol–water partition coefficient (Wildman–Crippen LogP) is 3.03. The maximum absolute atomic E-state index is 13.4. The highest BCUT2D eigenvalue weighted by Gasteiger charge is 2.47. The first-order valence-electron chi connectivity index (χ1n) is 10.6. The number of fused-ring (bicyclic) bond motifs is 1. The summed E-state index contributed by atoms with van der Waals surface area (Å²) < 4.78 is 41.1. The molecule has 1 aromatic heterocycles. The Labute approximate surface area is 188 Å². The van der Waals surface area contributed by atoms with E-state index in [4.69, 9.17) is 5.73 Å². The Bertz CT molecular complexity index is 963. The second kappa shape index (κ2) is 9.76. The van der Waals surface area contributed by atoms with Crippen molar-refractivity contribution >= 4 is 33.2 Å². The highest BCUT2D eigenvalue weighted by atomic mass is 32.1. The minimum absolute atomic E-state index is 0.119. The molecule has 4 atom stereocenters. The summed E-state index contributed by atoms with van der Waals surface area (Å²) in [5, 5.41) is 15.0. The van der Waals surface area contributed by atoms with Gasteiger partial charge in [0.2, 0.25) is 11.8 Å². The lowest BCUT2D eigenvalue weighted by Crippen LogP contribution is -2.56. The van der Waals surface area contributed by atoms with Gasteiger partial charge in [-0.2, -0.15) is 13.2 Å². The van der Waals surface area contributed by atoms with E-state index in [1.165, 1.54) is 16.2 Å². The molecule has 1 fully saturated rings. The van der Waals surface area contributed by atoms with Gasteiger partial charge >= 0.3 is 6.18 Å². The molecule has 0 saturated carbocycles. The van der Waals surface area contributed by atoms with E-state index in [2.05, 4.69) is 5.32 Å². The van der Waals surface area contributed by atoms with Crippen molar-refractivity contribution in [2.75, 3.05) is 6.54 Å². The van der Waals surface area contributed by atoms with Crippen LogP contribution in [0.3, 0.4) is 0 Å². The Kier molecular flexibility index (Phi) is 7.46. The number of amides is 2. The summed E-state index contributed by atoms with van der Waals surface area (Å²) in [5.74, 6) is -3.15. The average molecular weight is 472 g/mol. The van der Waals surface area contributed by atoms with Crippen molar-refractivity contribution in [1.29, 1.82) is 0 Å². The Balaban J connectivity index is 1.82. The molecule has 1 aliphatic rings. The number of likely N-dealkylation sites (tertiary alicyclic amines) is 1. The van der Waals surface area contributed by atoms with Crippen LogP contribution in [-0.4, -0.2) is 52.9 Å². The number of thiophene rings is 1. The number of aliphatic hydroxyl groups is 1. The number of halogens is 3. The van der Waals surface area contributed by atoms with Crippen LogP contribution in [0.15, 0.2) is 29.6 Å². The lowest BCUT2D eigenvalue weighted by atomic mass is 9.92. The zero-order valence-electron chi connectivity index (χ0n) is 17.9. The maximum atomic E-state index is 13.4. The topological polar surface area (TPSA) is 95.7 Å². The molecule has 10 heteroatoms. The number of nitrogens with one attached hydrogen (secondary N) is 1. The third-order valence-corrected chi connectivity index (χ3v) is 6.91. The molecule has 1 aromatic carbocycles. The van der Waals surface area contributed by atoms with Gasteiger partial charge in [-0.05, 0) is 47.6 Å². The van der Waals surface area contributed by atoms with Crippen molar-refractivity contribution in [3.63, 3.8) is 0 Å². The Hall–Kier alpha value is -2.17. The van der Waals surface area contributed by atoms with E-state index >= 15 is 0 Å². The molecule has 4 N–H and O–H groups in total. The lowest BCUT2D eigenvalue weighted by molar-refractivity contribution is -0.219. The summed E-state index contributed by atoms with van der Waals surface area (Å²) in [7, 11) is 0. The summed E-state index contributed by atoms with van der Waals surface area (Å²) in [5.41, 5.74) is 6.51. The van der Waals surface area contributed by atoms with Crippen LogP contribution >= 0.6 is 11.3 Å². The number of hydrogen-bond donors (Lipinski definition) is 3. The standard InChI is InChI=1S/C22H28F3N3O3S/c1-12(2)18(26)21(31)28-9-5-8-17(28)27-20(30)15(19(29)22(23,24)25)10-13-11-32-16-7-4-3-6-14(13)16/h3-4,6-7,11-12,15,17-19,29H,5,8-10,26H2,1-2H3,(H,27,30)/t15-,17-,18-,19-/m0/s1. The zero-order valence-corrected chi connectivity index (χ0v) is 18.7. The number of alkyl halides is 3. The van der Waals surface area contributed by atoms with E-state index in [9.17, 15) is 27.9 Å². The molecule has 1 aliphatic heterocycles. The van der Waals surface area contributed by atoms with Crippen molar-refractivity contribution in [2.24, 2.45) is 17.6 Å². The minimum atomic E-state index is -4.96. The molecular formula is C22H28F3N3O3S. The van der Waals surface area contributed by atoms with E-state index < -0.39 is 36.3 Å². The molecule has 32 heavy (non-hydrogen) atoms. The third-order valence-electron chi connectivity index (χ3n) is 5.90. The molecule has 0 spiro atoms. The van der Waals surface area contributed by atoms with E-state index in [0.29, 0.717) is 24.9 Å². The fourth-order valence-corrected chi connectivity index (χ4v) is 4.91. The van der Waals surface area contributed by atoms with Crippen molar-refractivity contribution in [1.82, 2.24) is 10.2 Å². The van der Waals surface area contributed by atoms with Crippen LogP contribution in [0.1, 0.15) is 32.3 Å². The van der Waals surface area contributed by atoms with Gasteiger partial charge in [0.05, 0.1) is 12.0 Å². The molecule has 6 nitrogen and oxygen atoms in total. The SMILES string of the molecule is CC(C)[C@H](N)C(=O)N1CCC[C@H]1NC(=O)[C@@H](Cc1csc2ccccc12)[C@H](O)C(F)(F)F. The van der Waals surface area contributed by atoms with E-state index in [1.807, 2.05) is 12.1 Å². The van der Waals surface area contributed by atoms with Crippen LogP contribution in [0, 0.1) is 11.8 Å². The van der Waals surface area contributed by atoms with Crippen LogP contribution in [0.5, 0.6) is 0 Å². The lowest BCUT2D eigenvalue weighted by Gasteiger charge is -2.31. The third kappa shape index (κ3) is 5.24. The van der Waals surface area contributed by atoms with E-state index in [-0.39, 0.29) is 18.2 Å². The zero-order chi connectivity index (χ0) is 23.6. The van der Waals surface area contributed by atoms with Gasteiger partial charge in [-0.15, -0.1) is 11.3 Å². The largest absolute Gasteiger partial charge is 0.415 e. The van der Waals surface area contributed by atoms with Crippen molar-refractivity contribution in [3.8, 4) is 0 Å². The number of nitrogens with zero attached hydrogens (tertiary/aromatic N) is 1. The molecule has 0 unspecified atom stereocenters. The quantitative estimate of drug-likeness (QED) is 0.579. The van der Waals surface area contributed by atoms with Crippen molar-refractivity contribution in [2.45, 2.75) is 57.6 Å². The first-order chi connectivity index (χ1) is 15.0. The van der Waals surface area contributed by atoms with E-state index in [0.717, 1.165) is 10.1 Å². The van der Waals surface area contributed by atoms with Crippen molar-refractivity contribution < 1.29 is 27.9 Å². The van der Waals surface area contributed by atoms with Crippen LogP contribution in [-0.2, 0) is 16.0 Å². The summed E-state index contributed by atoms with van der Waals surface area (Å²) in [6.07, 6.45) is -7.80. The molecule has 2 amide bonds. The highest BCUT2D eigenvalue weighted by Crippen LogP contribution is 2.33. The number of aliphatic hydroxyl groups excluding tert-OH is 1. The number of carbonyl (C=O) groups is 2. The molecule has 2 aromatic rings. The number of hydrogen-bond acceptors (Lipinski definition) is 5. The van der Waals surface area contributed by atoms with Gasteiger partial charge in [-0.3, -0.25) is 9.59 Å². The molecule has 3 rings (SSSR count). The fraction of sp³-hybridized carbons (Fsp3) is 0.545. The maximum Gasteiger partial charge on any atom is 0.415 e. The second-order valence-electron chi connectivity index (χ2n) is 8.52. The first-order valence-corrected chi connectivity index (χ1v) is 11.4. The number of carbonyl (C=O) groups excluding carboxylic acids is 2. The average Bonchev–Trinajstić information content (AvgIpc) is 3.36. The molecule has 0 radical (unpaired) electrons. The van der Waals surface area contributed by atoms with Gasteiger partial charge < -0.3 is 21.1 Å². The number of nitrogens with two attached hydrogens (primary N) is 1. The summed E-state index contributed by atoms with van der Waals surface area (Å²) >= 11 is 1.37. The first kappa shape index (κ1) is 24.5. The van der Waals surface area contributed by atoms with Gasteiger partial charge in [0, 0.05) is 11.2 Å². The predicted molar refractivity (Wildman–Crippen MR) is 117 cm³/mol. The summed E-state index contributed by atoms with van der Waals surface area (Å²) in [4.78, 5) is 27.1. The smallest absolute Gasteiger partial charge is 0.383 e. The monoisotopic (exact) mass is 471 g/mol. The second-order valence-corrected chi connectivity index (χ2v) is 9.43. The Morgan fingerprint density at radius 3 is 2.66 bits per heavy atom. The van der Waals surface area contributed by atoms with Crippen LogP contribution in [0.4, 0.5) is 13.2 Å². The minimum Gasteiger partial charge on any atom is -0.383 e. The highest BCUT2D eigenvalue weighted by molar-refractivity contribution is 7.17. The normalized spacial score (nSPS) is 19.9. The molecule has 1 saturated heterocycles. The van der Waals surface area contributed by atoms with Gasteiger partial charge in [-0.1, -0.05) is 32.0 Å². The number of rotatable bonds is 7. The molecule has 176 valence electrons. The number of benzene rings is 1. The Morgan fingerprint density at radius 1 is 1.31 bits per heavy atom.